The van der Waals surface area contributed by atoms with Gasteiger partial charge in [-0.2, -0.15) is 0 Å². The maximum absolute atomic E-state index is 11.4. The number of hydrogen-bond donors (Lipinski definition) is 1. The number of aromatic nitrogens is 1. The molecule has 6 heteroatoms. The molecule has 0 bridgehead atoms. The third-order valence-corrected chi connectivity index (χ3v) is 8.88. The third-order valence-electron chi connectivity index (χ3n) is 8.88. The topological polar surface area (TPSA) is 71.9 Å². The predicted octanol–water partition coefficient (Wildman–Crippen LogP) is 9.05. The summed E-state index contributed by atoms with van der Waals surface area (Å²) in [7, 11) is 1.65. The molecule has 6 rings (SSSR count). The van der Waals surface area contributed by atoms with E-state index < -0.39 is 11.9 Å². The van der Waals surface area contributed by atoms with Gasteiger partial charge in [-0.05, 0) is 91.5 Å². The second-order valence-corrected chi connectivity index (χ2v) is 12.4. The van der Waals surface area contributed by atoms with Gasteiger partial charge in [-0.25, -0.2) is 4.98 Å². The lowest BCUT2D eigenvalue weighted by Gasteiger charge is -2.39. The average Bonchev–Trinajstić information content (AvgIpc) is 3.93. The highest BCUT2D eigenvalue weighted by molar-refractivity contribution is 5.70. The molecule has 0 radical (unpaired) electrons. The van der Waals surface area contributed by atoms with Crippen molar-refractivity contribution >= 4 is 5.97 Å². The highest BCUT2D eigenvalue weighted by atomic mass is 16.5. The quantitative estimate of drug-likeness (QED) is 0.278. The van der Waals surface area contributed by atoms with Crippen molar-refractivity contribution in [2.24, 2.45) is 5.92 Å². The third kappa shape index (κ3) is 8.84. The lowest BCUT2D eigenvalue weighted by molar-refractivity contribution is -0.141. The van der Waals surface area contributed by atoms with Gasteiger partial charge in [0.25, 0.3) is 0 Å². The molecule has 4 atom stereocenters. The first-order valence-corrected chi connectivity index (χ1v) is 16.7. The van der Waals surface area contributed by atoms with Crippen molar-refractivity contribution in [1.82, 2.24) is 9.88 Å². The predicted molar refractivity (Wildman–Crippen MR) is 178 cm³/mol. The zero-order valence-corrected chi connectivity index (χ0v) is 27.6. The summed E-state index contributed by atoms with van der Waals surface area (Å²) in [6.45, 7) is 11.3. The fraction of sp³-hybridized carbons (Fsp3) is 0.526. The van der Waals surface area contributed by atoms with E-state index in [1.165, 1.54) is 60.8 Å². The number of carboxylic acids is 1. The molecule has 0 spiro atoms. The van der Waals surface area contributed by atoms with Gasteiger partial charge in [0.2, 0.25) is 5.88 Å². The number of likely N-dealkylation sites (tertiary alicyclic amines) is 1. The second-order valence-electron chi connectivity index (χ2n) is 12.4. The first-order valence-electron chi connectivity index (χ1n) is 16.7. The molecular weight excluding hydrogens is 548 g/mol. The number of benzene rings is 2. The Morgan fingerprint density at radius 3 is 2.39 bits per heavy atom. The molecule has 1 saturated heterocycles. The summed E-state index contributed by atoms with van der Waals surface area (Å²) in [5.41, 5.74) is 6.97. The normalized spacial score (nSPS) is 21.3. The molecule has 1 saturated carbocycles. The van der Waals surface area contributed by atoms with Gasteiger partial charge in [0.15, 0.2) is 0 Å². The summed E-state index contributed by atoms with van der Waals surface area (Å²) in [6, 6.07) is 18.1. The summed E-state index contributed by atoms with van der Waals surface area (Å²) in [5.74, 6) is 0.291. The van der Waals surface area contributed by atoms with Gasteiger partial charge in [0.05, 0.1) is 13.0 Å². The molecule has 3 heterocycles. The molecule has 238 valence electrons. The lowest BCUT2D eigenvalue weighted by atomic mass is 9.90. The van der Waals surface area contributed by atoms with Crippen LogP contribution in [0.25, 0.3) is 11.1 Å². The number of aryl methyl sites for hydroxylation is 1. The van der Waals surface area contributed by atoms with Crippen molar-refractivity contribution in [3.8, 4) is 22.8 Å². The Bertz CT molecular complexity index is 1360. The molecular formula is C38H52N2O4. The van der Waals surface area contributed by atoms with Crippen LogP contribution in [0.4, 0.5) is 0 Å². The minimum atomic E-state index is -0.775. The van der Waals surface area contributed by atoms with Crippen LogP contribution in [0.3, 0.4) is 0 Å². The Labute approximate surface area is 264 Å². The van der Waals surface area contributed by atoms with Crippen LogP contribution in [0.15, 0.2) is 54.7 Å². The number of methoxy groups -OCH3 is 1. The van der Waals surface area contributed by atoms with Gasteiger partial charge in [0.1, 0.15) is 11.9 Å². The highest BCUT2D eigenvalue weighted by Gasteiger charge is 2.27. The fourth-order valence-corrected chi connectivity index (χ4v) is 6.11. The minimum Gasteiger partial charge on any atom is -0.485 e. The van der Waals surface area contributed by atoms with Crippen molar-refractivity contribution in [3.05, 3.63) is 77.0 Å². The molecule has 1 N–H and O–H groups in total. The van der Waals surface area contributed by atoms with Gasteiger partial charge in [-0.1, -0.05) is 76.8 Å². The molecule has 3 aromatic rings. The van der Waals surface area contributed by atoms with Gasteiger partial charge >= 0.3 is 5.97 Å². The number of nitrogens with zero attached hydrogens (tertiary/aromatic N) is 2. The summed E-state index contributed by atoms with van der Waals surface area (Å²) >= 11 is 0. The Kier molecular flexibility index (Phi) is 12.2. The number of aliphatic carboxylic acids is 1. The van der Waals surface area contributed by atoms with Crippen LogP contribution >= 0.6 is 0 Å². The molecule has 6 nitrogen and oxygen atoms in total. The molecule has 0 amide bonds. The van der Waals surface area contributed by atoms with Crippen molar-refractivity contribution in [2.75, 3.05) is 7.11 Å². The lowest BCUT2D eigenvalue weighted by Crippen LogP contribution is -2.43. The number of ether oxygens (including phenoxy) is 2. The number of carboxylic acid groups (broad SMARTS) is 1. The number of pyridine rings is 1. The molecule has 2 fully saturated rings. The molecule has 1 aromatic heterocycles. The van der Waals surface area contributed by atoms with Crippen molar-refractivity contribution in [1.29, 1.82) is 0 Å². The minimum absolute atomic E-state index is 0.0411. The molecule has 2 aliphatic heterocycles. The Hall–Kier alpha value is -3.38. The van der Waals surface area contributed by atoms with Crippen LogP contribution in [-0.2, 0) is 24.2 Å². The van der Waals surface area contributed by atoms with Crippen molar-refractivity contribution in [3.63, 3.8) is 0 Å². The van der Waals surface area contributed by atoms with E-state index in [9.17, 15) is 9.90 Å². The van der Waals surface area contributed by atoms with Crippen LogP contribution in [0.2, 0.25) is 0 Å². The zero-order chi connectivity index (χ0) is 31.6. The van der Waals surface area contributed by atoms with Crippen LogP contribution in [0.5, 0.6) is 11.6 Å². The largest absolute Gasteiger partial charge is 0.485 e. The summed E-state index contributed by atoms with van der Waals surface area (Å²) < 4.78 is 12.0. The summed E-state index contributed by atoms with van der Waals surface area (Å²) in [5, 5.41) is 9.34. The zero-order valence-electron chi connectivity index (χ0n) is 27.6. The van der Waals surface area contributed by atoms with Crippen LogP contribution in [0.1, 0.15) is 108 Å². The summed E-state index contributed by atoms with van der Waals surface area (Å²) in [4.78, 5) is 18.3. The maximum Gasteiger partial charge on any atom is 0.306 e. The van der Waals surface area contributed by atoms with Gasteiger partial charge in [-0.3, -0.25) is 9.69 Å². The smallest absolute Gasteiger partial charge is 0.306 e. The van der Waals surface area contributed by atoms with E-state index >= 15 is 0 Å². The molecule has 3 unspecified atom stereocenters. The molecule has 3 aliphatic rings. The first-order chi connectivity index (χ1) is 21.3. The number of piperidine rings is 1. The number of rotatable bonds is 8. The Balaban J connectivity index is 0.000000818. The van der Waals surface area contributed by atoms with E-state index in [1.807, 2.05) is 38.2 Å². The highest BCUT2D eigenvalue weighted by Crippen LogP contribution is 2.38. The monoisotopic (exact) mass is 600 g/mol. The summed E-state index contributed by atoms with van der Waals surface area (Å²) in [6.07, 6.45) is 12.4. The van der Waals surface area contributed by atoms with Crippen molar-refractivity contribution < 1.29 is 19.4 Å². The van der Waals surface area contributed by atoms with Crippen LogP contribution in [0, 0.1) is 5.92 Å². The molecule has 2 aromatic carbocycles. The maximum atomic E-state index is 11.4. The van der Waals surface area contributed by atoms with E-state index in [0.29, 0.717) is 24.4 Å². The Morgan fingerprint density at radius 1 is 1.00 bits per heavy atom. The standard InChI is InChI=1S/C33H40N2O4.C3H6.C2H6/c1-21(33(36)37)16-24-8-9-25-11-13-30(39-31(25)17-24)27-10-12-29(26-14-15-34-32(19-26)38-4)28(18-27)20-35-22(2)6-5-7-23(35)3;1-2-3-1;1-2/h8-10,12,14-15,17-19,21-23,30H,5-7,11,13,16,20H2,1-4H3,(H,36,37);1-3H2;1-2H3/t21?,22?,23?,30-;;/m0../s1. The first kappa shape index (κ1) is 33.5. The van der Waals surface area contributed by atoms with Crippen molar-refractivity contribution in [2.45, 2.75) is 117 Å². The van der Waals surface area contributed by atoms with Crippen LogP contribution in [-0.4, -0.2) is 40.2 Å². The average molecular weight is 601 g/mol. The number of carbonyl (C=O) groups is 1. The van der Waals surface area contributed by atoms with E-state index in [4.69, 9.17) is 9.47 Å². The van der Waals surface area contributed by atoms with E-state index in [0.717, 1.165) is 36.3 Å². The van der Waals surface area contributed by atoms with E-state index in [2.05, 4.69) is 54.1 Å². The van der Waals surface area contributed by atoms with E-state index in [-0.39, 0.29) is 6.10 Å². The van der Waals surface area contributed by atoms with Crippen LogP contribution < -0.4 is 9.47 Å². The molecule has 1 aliphatic carbocycles. The fourth-order valence-electron chi connectivity index (χ4n) is 6.11. The second kappa shape index (κ2) is 16.1. The molecule has 44 heavy (non-hydrogen) atoms. The number of hydrogen-bond acceptors (Lipinski definition) is 5. The Morgan fingerprint density at radius 2 is 1.73 bits per heavy atom. The van der Waals surface area contributed by atoms with Gasteiger partial charge in [0, 0.05) is 30.9 Å². The van der Waals surface area contributed by atoms with E-state index in [1.54, 1.807) is 14.0 Å². The van der Waals surface area contributed by atoms with Gasteiger partial charge in [-0.15, -0.1) is 0 Å². The SMILES string of the molecule is C1CC1.CC.COc1cc(-c2ccc([C@@H]3CCc4ccc(CC(C)C(=O)O)cc4O3)cc2CN2C(C)CCCC2C)ccn1. The van der Waals surface area contributed by atoms with Gasteiger partial charge < -0.3 is 14.6 Å². The number of fused-ring (bicyclic) bond motifs is 1.